The molecule has 83 valence electrons. The molecule has 0 nitrogen and oxygen atoms in total. The zero-order valence-electron chi connectivity index (χ0n) is 10.3. The van der Waals surface area contributed by atoms with Crippen molar-refractivity contribution in [3.63, 3.8) is 0 Å². The van der Waals surface area contributed by atoms with E-state index in [1.54, 1.807) is 0 Å². The third-order valence-corrected chi connectivity index (χ3v) is 2.79. The number of hydrogen-bond donors (Lipinski definition) is 0. The second kappa shape index (κ2) is 6.66. The third kappa shape index (κ3) is 4.51. The summed E-state index contributed by atoms with van der Waals surface area (Å²) >= 11 is 0. The summed E-state index contributed by atoms with van der Waals surface area (Å²) in [6.07, 6.45) is 7.54. The second-order valence-electron chi connectivity index (χ2n) is 4.52. The first-order valence-corrected chi connectivity index (χ1v) is 6.17. The molecule has 0 heteroatoms. The van der Waals surface area contributed by atoms with Gasteiger partial charge >= 0.3 is 0 Å². The minimum absolute atomic E-state index is 0.638. The lowest BCUT2D eigenvalue weighted by molar-refractivity contribution is 0.715. The summed E-state index contributed by atoms with van der Waals surface area (Å²) in [5, 5.41) is 0. The molecule has 0 fully saturated rings. The van der Waals surface area contributed by atoms with Gasteiger partial charge in [0.15, 0.2) is 0 Å². The summed E-state index contributed by atoms with van der Waals surface area (Å²) in [5.41, 5.74) is 2.80. The molecule has 0 saturated carbocycles. The van der Waals surface area contributed by atoms with E-state index >= 15 is 0 Å². The Morgan fingerprint density at radius 3 is 2.27 bits per heavy atom. The van der Waals surface area contributed by atoms with Crippen molar-refractivity contribution in [2.24, 2.45) is 0 Å². The molecule has 0 heterocycles. The number of benzene rings is 1. The Hall–Kier alpha value is -0.780. The first kappa shape index (κ1) is 12.3. The Morgan fingerprint density at radius 2 is 1.73 bits per heavy atom. The van der Waals surface area contributed by atoms with E-state index in [1.807, 2.05) is 0 Å². The highest BCUT2D eigenvalue weighted by molar-refractivity contribution is 5.28. The van der Waals surface area contributed by atoms with Gasteiger partial charge in [0.25, 0.3) is 0 Å². The van der Waals surface area contributed by atoms with Crippen molar-refractivity contribution < 1.29 is 0 Å². The van der Waals surface area contributed by atoms with Crippen molar-refractivity contribution in [1.29, 1.82) is 0 Å². The molecule has 1 radical (unpaired) electrons. The van der Waals surface area contributed by atoms with Crippen LogP contribution in [-0.2, 0) is 0 Å². The number of unbranched alkanes of at least 4 members (excludes halogenated alkanes) is 3. The van der Waals surface area contributed by atoms with Gasteiger partial charge in [-0.2, -0.15) is 0 Å². The highest BCUT2D eigenvalue weighted by Gasteiger charge is 1.98. The Morgan fingerprint density at radius 1 is 1.07 bits per heavy atom. The molecule has 0 atom stereocenters. The van der Waals surface area contributed by atoms with E-state index in [4.69, 9.17) is 0 Å². The number of hydrogen-bond acceptors (Lipinski definition) is 0. The van der Waals surface area contributed by atoms with E-state index in [9.17, 15) is 0 Å². The van der Waals surface area contributed by atoms with Crippen LogP contribution < -0.4 is 0 Å². The van der Waals surface area contributed by atoms with Gasteiger partial charge in [0.1, 0.15) is 0 Å². The maximum atomic E-state index is 2.35. The van der Waals surface area contributed by atoms with Crippen molar-refractivity contribution >= 4 is 0 Å². The first-order chi connectivity index (χ1) is 7.24. The molecule has 0 N–H and O–H groups in total. The van der Waals surface area contributed by atoms with Gasteiger partial charge in [-0.05, 0) is 29.9 Å². The van der Waals surface area contributed by atoms with Gasteiger partial charge in [-0.3, -0.25) is 0 Å². The SMILES string of the molecule is CCCCC[CH]c1ccc(C(C)C)cc1. The van der Waals surface area contributed by atoms with E-state index in [0.29, 0.717) is 5.92 Å². The lowest BCUT2D eigenvalue weighted by Gasteiger charge is -2.06. The number of rotatable bonds is 6. The predicted octanol–water partition coefficient (Wildman–Crippen LogP) is 4.94. The van der Waals surface area contributed by atoms with Crippen molar-refractivity contribution in [1.82, 2.24) is 0 Å². The van der Waals surface area contributed by atoms with Crippen LogP contribution in [0, 0.1) is 6.42 Å². The van der Waals surface area contributed by atoms with E-state index in [1.165, 1.54) is 36.8 Å². The fourth-order valence-electron chi connectivity index (χ4n) is 1.68. The van der Waals surface area contributed by atoms with Crippen molar-refractivity contribution in [3.8, 4) is 0 Å². The van der Waals surface area contributed by atoms with Gasteiger partial charge in [-0.1, -0.05) is 64.3 Å². The van der Waals surface area contributed by atoms with Crippen LogP contribution >= 0.6 is 0 Å². The molecule has 0 unspecified atom stereocenters. The monoisotopic (exact) mass is 203 g/mol. The Balaban J connectivity index is 2.36. The standard InChI is InChI=1S/C15H23/c1-4-5-6-7-8-14-9-11-15(12-10-14)13(2)3/h8-13H,4-7H2,1-3H3. The average Bonchev–Trinajstić information content (AvgIpc) is 2.25. The van der Waals surface area contributed by atoms with Gasteiger partial charge in [0.05, 0.1) is 0 Å². The summed E-state index contributed by atoms with van der Waals surface area (Å²) in [4.78, 5) is 0. The molecule has 0 amide bonds. The average molecular weight is 203 g/mol. The van der Waals surface area contributed by atoms with Crippen LogP contribution in [0.3, 0.4) is 0 Å². The van der Waals surface area contributed by atoms with Crippen molar-refractivity contribution in [2.75, 3.05) is 0 Å². The van der Waals surface area contributed by atoms with Gasteiger partial charge in [0.2, 0.25) is 0 Å². The van der Waals surface area contributed by atoms with Crippen LogP contribution in [0.2, 0.25) is 0 Å². The molecule has 0 bridgehead atoms. The second-order valence-corrected chi connectivity index (χ2v) is 4.52. The zero-order valence-corrected chi connectivity index (χ0v) is 10.3. The Bertz CT molecular complexity index is 256. The first-order valence-electron chi connectivity index (χ1n) is 6.17. The Labute approximate surface area is 94.7 Å². The molecule has 1 rings (SSSR count). The summed E-state index contributed by atoms with van der Waals surface area (Å²) in [5.74, 6) is 0.638. The molecule has 0 aromatic heterocycles. The minimum Gasteiger partial charge on any atom is -0.0654 e. The highest BCUT2D eigenvalue weighted by atomic mass is 14.0. The molecule has 0 spiro atoms. The van der Waals surface area contributed by atoms with E-state index in [-0.39, 0.29) is 0 Å². The summed E-state index contributed by atoms with van der Waals surface area (Å²) < 4.78 is 0. The van der Waals surface area contributed by atoms with Crippen molar-refractivity contribution in [2.45, 2.75) is 52.4 Å². The minimum atomic E-state index is 0.638. The maximum absolute atomic E-state index is 2.35. The molecular weight excluding hydrogens is 180 g/mol. The fourth-order valence-corrected chi connectivity index (χ4v) is 1.68. The van der Waals surface area contributed by atoms with E-state index < -0.39 is 0 Å². The van der Waals surface area contributed by atoms with Crippen LogP contribution in [0.1, 0.15) is 63.5 Å². The van der Waals surface area contributed by atoms with Gasteiger partial charge in [0, 0.05) is 0 Å². The topological polar surface area (TPSA) is 0 Å². The van der Waals surface area contributed by atoms with Gasteiger partial charge in [-0.25, -0.2) is 0 Å². The molecule has 1 aromatic rings. The highest BCUT2D eigenvalue weighted by Crippen LogP contribution is 2.16. The molecular formula is C15H23. The molecule has 0 aliphatic carbocycles. The van der Waals surface area contributed by atoms with Crippen LogP contribution in [0.4, 0.5) is 0 Å². The lowest BCUT2D eigenvalue weighted by atomic mass is 9.99. The molecule has 0 aliphatic rings. The van der Waals surface area contributed by atoms with Crippen LogP contribution in [0.5, 0.6) is 0 Å². The molecule has 1 aromatic carbocycles. The summed E-state index contributed by atoms with van der Waals surface area (Å²) in [7, 11) is 0. The van der Waals surface area contributed by atoms with Crippen LogP contribution in [0.25, 0.3) is 0 Å². The smallest absolute Gasteiger partial charge is 0.00931 e. The lowest BCUT2D eigenvalue weighted by Crippen LogP contribution is -1.88. The molecule has 0 aliphatic heterocycles. The van der Waals surface area contributed by atoms with Crippen molar-refractivity contribution in [3.05, 3.63) is 41.8 Å². The molecule has 0 saturated heterocycles. The van der Waals surface area contributed by atoms with Gasteiger partial charge < -0.3 is 0 Å². The molecule has 15 heavy (non-hydrogen) atoms. The fraction of sp³-hybridized carbons (Fsp3) is 0.533. The summed E-state index contributed by atoms with van der Waals surface area (Å²) in [6, 6.07) is 8.97. The van der Waals surface area contributed by atoms with Gasteiger partial charge in [-0.15, -0.1) is 0 Å². The zero-order chi connectivity index (χ0) is 11.1. The maximum Gasteiger partial charge on any atom is -0.00931 e. The third-order valence-electron chi connectivity index (χ3n) is 2.79. The van der Waals surface area contributed by atoms with Crippen LogP contribution in [-0.4, -0.2) is 0 Å². The Kier molecular flexibility index (Phi) is 5.45. The largest absolute Gasteiger partial charge is 0.0654 e. The summed E-state index contributed by atoms with van der Waals surface area (Å²) in [6.45, 7) is 6.72. The van der Waals surface area contributed by atoms with E-state index in [2.05, 4.69) is 51.5 Å². The normalized spacial score (nSPS) is 10.9. The van der Waals surface area contributed by atoms with Crippen LogP contribution in [0.15, 0.2) is 24.3 Å². The predicted molar refractivity (Wildman–Crippen MR) is 68.1 cm³/mol. The quantitative estimate of drug-likeness (QED) is 0.574. The van der Waals surface area contributed by atoms with E-state index in [0.717, 1.165) is 0 Å².